The Balaban J connectivity index is 3.13. The highest BCUT2D eigenvalue weighted by atomic mass is 16.4. The Hall–Kier alpha value is -4.53. The van der Waals surface area contributed by atoms with E-state index in [0.717, 1.165) is 0 Å². The van der Waals surface area contributed by atoms with Gasteiger partial charge in [-0.3, -0.25) is 28.8 Å². The molecular weight excluding hydrogens is 504 g/mol. The predicted octanol–water partition coefficient (Wildman–Crippen LogP) is -2.90. The van der Waals surface area contributed by atoms with E-state index in [1.165, 1.54) is 0 Å². The minimum absolute atomic E-state index is 0.107. The molecule has 0 bridgehead atoms. The number of carbonyl (C=O) groups excluding carboxylic acids is 5. The lowest BCUT2D eigenvalue weighted by Gasteiger charge is -2.25. The van der Waals surface area contributed by atoms with Crippen LogP contribution in [0.3, 0.4) is 0 Å². The third-order valence-electron chi connectivity index (χ3n) is 5.26. The molecule has 5 amide bonds. The van der Waals surface area contributed by atoms with Gasteiger partial charge in [-0.2, -0.15) is 0 Å². The molecule has 4 atom stereocenters. The van der Waals surface area contributed by atoms with Crippen molar-refractivity contribution in [3.8, 4) is 0 Å². The first-order valence-corrected chi connectivity index (χ1v) is 11.5. The van der Waals surface area contributed by atoms with Crippen molar-refractivity contribution in [3.05, 3.63) is 35.9 Å². The standard InChI is InChI=1S/C23H32N6O9/c24-13(6-8-17(25)30)20(34)27-14(7-9-18(26)31)21(35)28-15(10-12-4-2-1-3-5-12)22(36)29-16(23(37)38)11-19(32)33/h1-5,13-16H,6-11,24H2,(H2,25,30)(H2,26,31)(H,27,34)(H,28,35)(H,29,36)(H,32,33)(H,37,38). The number of hydrogen-bond acceptors (Lipinski definition) is 8. The molecule has 38 heavy (non-hydrogen) atoms. The maximum Gasteiger partial charge on any atom is 0.326 e. The maximum absolute atomic E-state index is 13.1. The minimum Gasteiger partial charge on any atom is -0.481 e. The fourth-order valence-electron chi connectivity index (χ4n) is 3.24. The van der Waals surface area contributed by atoms with Gasteiger partial charge in [0.1, 0.15) is 18.1 Å². The number of amides is 5. The molecule has 0 heterocycles. The van der Waals surface area contributed by atoms with Crippen LogP contribution in [0.2, 0.25) is 0 Å². The van der Waals surface area contributed by atoms with Crippen molar-refractivity contribution >= 4 is 41.5 Å². The van der Waals surface area contributed by atoms with Gasteiger partial charge in [-0.25, -0.2) is 4.79 Å². The van der Waals surface area contributed by atoms with E-state index in [4.69, 9.17) is 22.3 Å². The Kier molecular flexibility index (Phi) is 12.9. The van der Waals surface area contributed by atoms with Gasteiger partial charge in [0.15, 0.2) is 0 Å². The van der Waals surface area contributed by atoms with Gasteiger partial charge in [-0.05, 0) is 18.4 Å². The summed E-state index contributed by atoms with van der Waals surface area (Å²) in [5.74, 6) is -7.25. The van der Waals surface area contributed by atoms with Crippen LogP contribution in [0.15, 0.2) is 30.3 Å². The highest BCUT2D eigenvalue weighted by molar-refractivity contribution is 5.95. The van der Waals surface area contributed by atoms with E-state index in [2.05, 4.69) is 16.0 Å². The molecule has 1 aromatic rings. The molecule has 1 rings (SSSR count). The van der Waals surface area contributed by atoms with Gasteiger partial charge >= 0.3 is 11.9 Å². The molecule has 11 N–H and O–H groups in total. The Morgan fingerprint density at radius 1 is 0.711 bits per heavy atom. The summed E-state index contributed by atoms with van der Waals surface area (Å²) in [5.41, 5.74) is 16.5. The monoisotopic (exact) mass is 536 g/mol. The quantitative estimate of drug-likeness (QED) is 0.100. The van der Waals surface area contributed by atoms with Crippen LogP contribution in [-0.2, 0) is 40.0 Å². The smallest absolute Gasteiger partial charge is 0.326 e. The first-order valence-electron chi connectivity index (χ1n) is 11.5. The summed E-state index contributed by atoms with van der Waals surface area (Å²) >= 11 is 0. The van der Waals surface area contributed by atoms with E-state index >= 15 is 0 Å². The van der Waals surface area contributed by atoms with E-state index < -0.39 is 72.1 Å². The van der Waals surface area contributed by atoms with E-state index in [-0.39, 0.29) is 32.1 Å². The van der Waals surface area contributed by atoms with Crippen LogP contribution in [0.5, 0.6) is 0 Å². The molecule has 0 aliphatic carbocycles. The number of aliphatic carboxylic acids is 2. The van der Waals surface area contributed by atoms with Crippen molar-refractivity contribution in [1.29, 1.82) is 0 Å². The van der Waals surface area contributed by atoms with Crippen LogP contribution >= 0.6 is 0 Å². The summed E-state index contributed by atoms with van der Waals surface area (Å²) in [6, 6.07) is 2.57. The summed E-state index contributed by atoms with van der Waals surface area (Å²) in [5, 5.41) is 25.1. The van der Waals surface area contributed by atoms with E-state index in [0.29, 0.717) is 5.56 Å². The largest absolute Gasteiger partial charge is 0.481 e. The number of nitrogens with one attached hydrogen (secondary N) is 3. The molecule has 0 saturated carbocycles. The predicted molar refractivity (Wildman–Crippen MR) is 131 cm³/mol. The lowest BCUT2D eigenvalue weighted by molar-refractivity contribution is -0.147. The van der Waals surface area contributed by atoms with Crippen molar-refractivity contribution < 1.29 is 43.8 Å². The third-order valence-corrected chi connectivity index (χ3v) is 5.26. The zero-order valence-corrected chi connectivity index (χ0v) is 20.4. The molecule has 15 nitrogen and oxygen atoms in total. The molecular formula is C23H32N6O9. The number of primary amides is 2. The Labute approximate surface area is 217 Å². The molecule has 1 aromatic carbocycles. The molecule has 0 fully saturated rings. The third kappa shape index (κ3) is 11.9. The average molecular weight is 537 g/mol. The minimum atomic E-state index is -1.77. The fourth-order valence-corrected chi connectivity index (χ4v) is 3.24. The van der Waals surface area contributed by atoms with Gasteiger partial charge in [-0.15, -0.1) is 0 Å². The Bertz CT molecular complexity index is 1030. The van der Waals surface area contributed by atoms with Crippen LogP contribution in [0.1, 0.15) is 37.7 Å². The number of hydrogen-bond donors (Lipinski definition) is 8. The van der Waals surface area contributed by atoms with Gasteiger partial charge in [-0.1, -0.05) is 30.3 Å². The summed E-state index contributed by atoms with van der Waals surface area (Å²) in [4.78, 5) is 83.2. The van der Waals surface area contributed by atoms with Crippen LogP contribution in [-0.4, -0.2) is 75.9 Å². The topological polar surface area (TPSA) is 274 Å². The molecule has 0 spiro atoms. The number of benzene rings is 1. The highest BCUT2D eigenvalue weighted by Crippen LogP contribution is 2.07. The van der Waals surface area contributed by atoms with Crippen LogP contribution in [0, 0.1) is 0 Å². The van der Waals surface area contributed by atoms with E-state index in [1.807, 2.05) is 0 Å². The number of carbonyl (C=O) groups is 7. The zero-order valence-electron chi connectivity index (χ0n) is 20.4. The van der Waals surface area contributed by atoms with Gasteiger partial charge in [0.05, 0.1) is 12.5 Å². The molecule has 4 unspecified atom stereocenters. The summed E-state index contributed by atoms with van der Waals surface area (Å²) < 4.78 is 0. The molecule has 0 aliphatic rings. The first-order chi connectivity index (χ1) is 17.8. The normalized spacial score (nSPS) is 13.7. The molecule has 208 valence electrons. The summed E-state index contributed by atoms with van der Waals surface area (Å²) in [7, 11) is 0. The van der Waals surface area contributed by atoms with Crippen molar-refractivity contribution in [2.75, 3.05) is 0 Å². The second kappa shape index (κ2) is 15.6. The lowest BCUT2D eigenvalue weighted by Crippen LogP contribution is -2.58. The van der Waals surface area contributed by atoms with Crippen molar-refractivity contribution in [3.63, 3.8) is 0 Å². The summed E-state index contributed by atoms with van der Waals surface area (Å²) in [6.07, 6.45) is -1.90. The van der Waals surface area contributed by atoms with Gasteiger partial charge in [0.2, 0.25) is 29.5 Å². The second-order valence-electron chi connectivity index (χ2n) is 8.43. The van der Waals surface area contributed by atoms with Crippen LogP contribution < -0.4 is 33.2 Å². The van der Waals surface area contributed by atoms with Gasteiger partial charge < -0.3 is 43.4 Å². The molecule has 0 radical (unpaired) electrons. The molecule has 0 aromatic heterocycles. The number of carboxylic acid groups (broad SMARTS) is 2. The SMILES string of the molecule is NC(=O)CCC(N)C(=O)NC(CCC(N)=O)C(=O)NC(Cc1ccccc1)C(=O)NC(CC(=O)O)C(=O)O. The van der Waals surface area contributed by atoms with Gasteiger partial charge in [0, 0.05) is 19.3 Å². The number of rotatable bonds is 17. The lowest BCUT2D eigenvalue weighted by atomic mass is 10.0. The van der Waals surface area contributed by atoms with Gasteiger partial charge in [0.25, 0.3) is 0 Å². The van der Waals surface area contributed by atoms with Crippen LogP contribution in [0.4, 0.5) is 0 Å². The second-order valence-corrected chi connectivity index (χ2v) is 8.43. The molecule has 15 heteroatoms. The Morgan fingerprint density at radius 3 is 1.74 bits per heavy atom. The highest BCUT2D eigenvalue weighted by Gasteiger charge is 2.31. The molecule has 0 saturated heterocycles. The van der Waals surface area contributed by atoms with Crippen molar-refractivity contribution in [1.82, 2.24) is 16.0 Å². The van der Waals surface area contributed by atoms with Crippen molar-refractivity contribution in [2.45, 2.75) is 62.7 Å². The number of carboxylic acids is 2. The van der Waals surface area contributed by atoms with Crippen molar-refractivity contribution in [2.24, 2.45) is 17.2 Å². The first kappa shape index (κ1) is 31.5. The maximum atomic E-state index is 13.1. The average Bonchev–Trinajstić information content (AvgIpc) is 2.83. The zero-order chi connectivity index (χ0) is 28.8. The number of nitrogens with two attached hydrogens (primary N) is 3. The van der Waals surface area contributed by atoms with E-state index in [9.17, 15) is 38.7 Å². The Morgan fingerprint density at radius 2 is 1.21 bits per heavy atom. The van der Waals surface area contributed by atoms with E-state index in [1.54, 1.807) is 30.3 Å². The molecule has 0 aliphatic heterocycles. The van der Waals surface area contributed by atoms with Crippen LogP contribution in [0.25, 0.3) is 0 Å². The fraction of sp³-hybridized carbons (Fsp3) is 0.435. The summed E-state index contributed by atoms with van der Waals surface area (Å²) in [6.45, 7) is 0.